The summed E-state index contributed by atoms with van der Waals surface area (Å²) in [6.07, 6.45) is -3.23. The van der Waals surface area contributed by atoms with Gasteiger partial charge in [0.1, 0.15) is 6.67 Å². The predicted octanol–water partition coefficient (Wildman–Crippen LogP) is 2.80. The molecule has 0 aliphatic rings. The summed E-state index contributed by atoms with van der Waals surface area (Å²) < 4.78 is 44.8. The second-order valence-electron chi connectivity index (χ2n) is 1.19. The molecule has 5 heteroatoms. The molecule has 0 aromatic heterocycles. The van der Waals surface area contributed by atoms with E-state index in [9.17, 15) is 17.6 Å². The molecule has 0 radical (unpaired) electrons. The molecule has 0 saturated carbocycles. The minimum absolute atomic E-state index is 0.725. The monoisotopic (exact) mass is 206 g/mol. The highest BCUT2D eigenvalue weighted by atomic mass is 79.9. The van der Waals surface area contributed by atoms with Crippen molar-refractivity contribution in [2.75, 3.05) is 6.67 Å². The van der Waals surface area contributed by atoms with Crippen LogP contribution in [-0.2, 0) is 0 Å². The van der Waals surface area contributed by atoms with Crippen LogP contribution in [0.15, 0.2) is 10.3 Å². The Morgan fingerprint density at radius 3 is 2.00 bits per heavy atom. The first kappa shape index (κ1) is 8.94. The summed E-state index contributed by atoms with van der Waals surface area (Å²) in [5.41, 5.74) is 0. The summed E-state index contributed by atoms with van der Waals surface area (Å²) in [5.74, 6) is -1.74. The van der Waals surface area contributed by atoms with Gasteiger partial charge in [0.15, 0.2) is 5.83 Å². The molecule has 0 atom stereocenters. The molecule has 0 fully saturated rings. The second-order valence-corrected chi connectivity index (χ2v) is 2.14. The maximum Gasteiger partial charge on any atom is 0.290 e. The third kappa shape index (κ3) is 2.84. The Bertz CT molecular complexity index is 120. The molecule has 0 saturated heterocycles. The quantitative estimate of drug-likeness (QED) is 0.610. The van der Waals surface area contributed by atoms with Crippen LogP contribution in [0, 0.1) is 0 Å². The van der Waals surface area contributed by atoms with E-state index in [0.29, 0.717) is 0 Å². The first-order valence-electron chi connectivity index (χ1n) is 1.97. The molecular weight excluding hydrogens is 204 g/mol. The average molecular weight is 207 g/mol. The summed E-state index contributed by atoms with van der Waals surface area (Å²) in [6, 6.07) is 0. The number of halogens is 5. The maximum atomic E-state index is 11.8. The first-order valence-corrected chi connectivity index (χ1v) is 2.77. The highest BCUT2D eigenvalue weighted by Crippen LogP contribution is 2.19. The van der Waals surface area contributed by atoms with Crippen LogP contribution >= 0.6 is 15.9 Å². The maximum absolute atomic E-state index is 11.8. The summed E-state index contributed by atoms with van der Waals surface area (Å²) in [4.78, 5) is 0. The van der Waals surface area contributed by atoms with E-state index in [4.69, 9.17) is 0 Å². The van der Waals surface area contributed by atoms with Crippen molar-refractivity contribution in [3.8, 4) is 0 Å². The number of allylic oxidation sites excluding steroid dienone is 2. The molecule has 0 aromatic rings. The van der Waals surface area contributed by atoms with Gasteiger partial charge in [0.25, 0.3) is 6.43 Å². The van der Waals surface area contributed by atoms with E-state index in [1.807, 2.05) is 0 Å². The van der Waals surface area contributed by atoms with E-state index >= 15 is 0 Å². The van der Waals surface area contributed by atoms with Crippen molar-refractivity contribution in [1.29, 1.82) is 0 Å². The third-order valence-corrected chi connectivity index (χ3v) is 1.16. The lowest BCUT2D eigenvalue weighted by molar-refractivity contribution is 0.157. The van der Waals surface area contributed by atoms with Crippen LogP contribution < -0.4 is 0 Å². The van der Waals surface area contributed by atoms with Gasteiger partial charge < -0.3 is 0 Å². The Hall–Kier alpha value is -0.0600. The van der Waals surface area contributed by atoms with Crippen LogP contribution in [0.4, 0.5) is 17.6 Å². The lowest BCUT2D eigenvalue weighted by Gasteiger charge is -1.94. The molecule has 0 nitrogen and oxygen atoms in total. The Labute approximate surface area is 57.7 Å². The molecule has 0 amide bonds. The van der Waals surface area contributed by atoms with Crippen LogP contribution in [-0.4, -0.2) is 13.1 Å². The van der Waals surface area contributed by atoms with Crippen molar-refractivity contribution in [2.24, 2.45) is 0 Å². The topological polar surface area (TPSA) is 0 Å². The lowest BCUT2D eigenvalue weighted by atomic mass is 10.5. The second kappa shape index (κ2) is 3.87. The van der Waals surface area contributed by atoms with Crippen molar-refractivity contribution in [3.63, 3.8) is 0 Å². The molecule has 0 heterocycles. The van der Waals surface area contributed by atoms with Gasteiger partial charge in [-0.25, -0.2) is 17.6 Å². The van der Waals surface area contributed by atoms with Crippen molar-refractivity contribution in [3.05, 3.63) is 10.3 Å². The standard InChI is InChI=1S/C4H3BrF4/c5-2(1-6)3(7)4(8)9/h4H,1H2/b3-2-. The van der Waals surface area contributed by atoms with E-state index < -0.39 is 23.4 Å². The molecule has 0 bridgehead atoms. The van der Waals surface area contributed by atoms with E-state index in [1.54, 1.807) is 0 Å². The fourth-order valence-electron chi connectivity index (χ4n) is 0.182. The van der Waals surface area contributed by atoms with Crippen LogP contribution in [0.5, 0.6) is 0 Å². The van der Waals surface area contributed by atoms with Gasteiger partial charge in [-0.2, -0.15) is 0 Å². The average Bonchev–Trinajstić information content (AvgIpc) is 1.84. The van der Waals surface area contributed by atoms with E-state index in [-0.39, 0.29) is 0 Å². The Balaban J connectivity index is 4.10. The van der Waals surface area contributed by atoms with Crippen molar-refractivity contribution in [1.82, 2.24) is 0 Å². The summed E-state index contributed by atoms with van der Waals surface area (Å²) in [6.45, 7) is -1.24. The Morgan fingerprint density at radius 1 is 1.44 bits per heavy atom. The first-order chi connectivity index (χ1) is 4.09. The summed E-state index contributed by atoms with van der Waals surface area (Å²) >= 11 is 2.29. The van der Waals surface area contributed by atoms with Crippen molar-refractivity contribution < 1.29 is 17.6 Å². The fraction of sp³-hybridized carbons (Fsp3) is 0.500. The van der Waals surface area contributed by atoms with Gasteiger partial charge >= 0.3 is 0 Å². The SMILES string of the molecule is FC/C(Br)=C(/F)C(F)F. The number of rotatable bonds is 2. The number of alkyl halides is 3. The molecule has 0 rings (SSSR count). The zero-order valence-electron chi connectivity index (χ0n) is 4.17. The fourth-order valence-corrected chi connectivity index (χ4v) is 0.355. The van der Waals surface area contributed by atoms with Crippen LogP contribution in [0.3, 0.4) is 0 Å². The van der Waals surface area contributed by atoms with Crippen LogP contribution in [0.1, 0.15) is 0 Å². The van der Waals surface area contributed by atoms with Crippen molar-refractivity contribution >= 4 is 15.9 Å². The molecule has 0 unspecified atom stereocenters. The molecule has 0 aliphatic carbocycles. The molecular formula is C4H3BrF4. The predicted molar refractivity (Wildman–Crippen MR) is 29.0 cm³/mol. The van der Waals surface area contributed by atoms with E-state index in [1.165, 1.54) is 0 Å². The molecule has 0 aromatic carbocycles. The summed E-state index contributed by atoms with van der Waals surface area (Å²) in [5, 5.41) is 0. The number of hydrogen-bond donors (Lipinski definition) is 0. The van der Waals surface area contributed by atoms with Gasteiger partial charge in [0, 0.05) is 0 Å². The van der Waals surface area contributed by atoms with Gasteiger partial charge in [0.2, 0.25) is 0 Å². The van der Waals surface area contributed by atoms with Gasteiger partial charge in [-0.1, -0.05) is 0 Å². The van der Waals surface area contributed by atoms with Gasteiger partial charge in [-0.05, 0) is 15.9 Å². The van der Waals surface area contributed by atoms with Gasteiger partial charge in [-0.3, -0.25) is 0 Å². The normalized spacial score (nSPS) is 14.0. The largest absolute Gasteiger partial charge is 0.290 e. The van der Waals surface area contributed by atoms with E-state index in [2.05, 4.69) is 15.9 Å². The minimum atomic E-state index is -3.23. The molecule has 0 aliphatic heterocycles. The zero-order chi connectivity index (χ0) is 7.44. The Kier molecular flexibility index (Phi) is 3.84. The van der Waals surface area contributed by atoms with Crippen LogP contribution in [0.2, 0.25) is 0 Å². The smallest absolute Gasteiger partial charge is 0.245 e. The van der Waals surface area contributed by atoms with Gasteiger partial charge in [0.05, 0.1) is 4.48 Å². The summed E-state index contributed by atoms with van der Waals surface area (Å²) in [7, 11) is 0. The third-order valence-electron chi connectivity index (χ3n) is 0.568. The Morgan fingerprint density at radius 2 is 1.89 bits per heavy atom. The highest BCUT2D eigenvalue weighted by molar-refractivity contribution is 9.11. The highest BCUT2D eigenvalue weighted by Gasteiger charge is 2.14. The van der Waals surface area contributed by atoms with Gasteiger partial charge in [-0.15, -0.1) is 0 Å². The lowest BCUT2D eigenvalue weighted by Crippen LogP contribution is -1.93. The molecule has 0 N–H and O–H groups in total. The van der Waals surface area contributed by atoms with Crippen LogP contribution in [0.25, 0.3) is 0 Å². The van der Waals surface area contributed by atoms with E-state index in [0.717, 1.165) is 0 Å². The van der Waals surface area contributed by atoms with Crippen molar-refractivity contribution in [2.45, 2.75) is 6.43 Å². The zero-order valence-corrected chi connectivity index (χ0v) is 5.76. The molecule has 54 valence electrons. The minimum Gasteiger partial charge on any atom is -0.245 e. The molecule has 9 heavy (non-hydrogen) atoms. The number of hydrogen-bond acceptors (Lipinski definition) is 0. The molecule has 0 spiro atoms.